The Morgan fingerprint density at radius 2 is 1.93 bits per heavy atom. The van der Waals surface area contributed by atoms with Crippen LogP contribution in [-0.4, -0.2) is 31.6 Å². The third kappa shape index (κ3) is 3.53. The highest BCUT2D eigenvalue weighted by Gasteiger charge is 2.19. The summed E-state index contributed by atoms with van der Waals surface area (Å²) in [6.07, 6.45) is 0. The smallest absolute Gasteiger partial charge is 0.323 e. The number of nitrogens with zero attached hydrogens (tertiary/aromatic N) is 4. The van der Waals surface area contributed by atoms with Gasteiger partial charge in [-0.1, -0.05) is 29.8 Å². The zero-order valence-corrected chi connectivity index (χ0v) is 14.7. The van der Waals surface area contributed by atoms with Gasteiger partial charge in [-0.3, -0.25) is 24.3 Å². The van der Waals surface area contributed by atoms with Crippen LogP contribution >= 0.6 is 11.6 Å². The number of amides is 1. The van der Waals surface area contributed by atoms with E-state index in [0.29, 0.717) is 10.9 Å². The summed E-state index contributed by atoms with van der Waals surface area (Å²) >= 11 is 5.89. The fraction of sp³-hybridized carbons (Fsp3) is 0.0588. The van der Waals surface area contributed by atoms with E-state index in [1.807, 2.05) is 0 Å². The summed E-state index contributed by atoms with van der Waals surface area (Å²) in [5, 5.41) is 37.6. The summed E-state index contributed by atoms with van der Waals surface area (Å²) in [5.41, 5.74) is -0.0712. The minimum atomic E-state index is -1.17. The largest absolute Gasteiger partial charge is 0.493 e. The Labute approximate surface area is 161 Å². The lowest BCUT2D eigenvalue weighted by Gasteiger charge is -2.02. The van der Waals surface area contributed by atoms with Crippen LogP contribution in [0.4, 0.5) is 11.4 Å². The number of nitro benzene ring substituents is 1. The Morgan fingerprint density at radius 1 is 1.21 bits per heavy atom. The maximum atomic E-state index is 12.3. The number of halogens is 1. The number of carboxylic acids is 1. The molecular formula is C17H11ClN4O6. The first-order valence-corrected chi connectivity index (χ1v) is 8.09. The molecule has 10 nitrogen and oxygen atoms in total. The minimum Gasteiger partial charge on any atom is -0.493 e. The van der Waals surface area contributed by atoms with Crippen LogP contribution in [0.5, 0.6) is 5.88 Å². The van der Waals surface area contributed by atoms with Crippen LogP contribution in [0.15, 0.2) is 52.7 Å². The third-order valence-electron chi connectivity index (χ3n) is 3.85. The molecule has 0 aliphatic heterocycles. The van der Waals surface area contributed by atoms with E-state index in [0.717, 1.165) is 22.8 Å². The monoisotopic (exact) mass is 402 g/mol. The number of aromatic hydroxyl groups is 1. The number of hydrogen-bond acceptors (Lipinski definition) is 6. The van der Waals surface area contributed by atoms with Gasteiger partial charge in [-0.2, -0.15) is 0 Å². The molecule has 0 unspecified atom stereocenters. The molecule has 0 atom stereocenters. The van der Waals surface area contributed by atoms with E-state index in [-0.39, 0.29) is 22.0 Å². The Morgan fingerprint density at radius 3 is 2.57 bits per heavy atom. The van der Waals surface area contributed by atoms with Gasteiger partial charge in [0.2, 0.25) is 5.88 Å². The number of rotatable bonds is 5. The van der Waals surface area contributed by atoms with E-state index in [1.165, 1.54) is 0 Å². The standard InChI is InChI=1S/C17H11ClN4O6/c18-12-7-9(22(27)28)5-6-10(12)16(25)20-19-15-11-3-1-2-4-13(11)21(17(15)26)8-14(23)24/h1-7,26H,8H2,(H,23,24). The maximum Gasteiger partial charge on any atom is 0.323 e. The number of non-ortho nitro benzene ring substituents is 1. The molecular weight excluding hydrogens is 392 g/mol. The van der Waals surface area contributed by atoms with Gasteiger partial charge >= 0.3 is 5.97 Å². The molecule has 1 aromatic heterocycles. The summed E-state index contributed by atoms with van der Waals surface area (Å²) < 4.78 is 1.12. The van der Waals surface area contributed by atoms with E-state index in [2.05, 4.69) is 10.2 Å². The molecule has 1 heterocycles. The van der Waals surface area contributed by atoms with Crippen molar-refractivity contribution < 1.29 is 24.7 Å². The van der Waals surface area contributed by atoms with Crippen LogP contribution in [0.2, 0.25) is 5.02 Å². The minimum absolute atomic E-state index is 0.0803. The summed E-state index contributed by atoms with van der Waals surface area (Å²) in [6, 6.07) is 9.75. The van der Waals surface area contributed by atoms with E-state index < -0.39 is 29.2 Å². The number of benzene rings is 2. The molecule has 3 aromatic rings. The molecule has 0 saturated carbocycles. The van der Waals surface area contributed by atoms with Gasteiger partial charge in [0.1, 0.15) is 6.54 Å². The van der Waals surface area contributed by atoms with Crippen LogP contribution in [0.3, 0.4) is 0 Å². The first-order valence-electron chi connectivity index (χ1n) is 7.71. The third-order valence-corrected chi connectivity index (χ3v) is 4.16. The van der Waals surface area contributed by atoms with Crippen LogP contribution in [-0.2, 0) is 11.3 Å². The Kier molecular flexibility index (Phi) is 5.05. The van der Waals surface area contributed by atoms with Crippen molar-refractivity contribution in [2.24, 2.45) is 10.2 Å². The predicted octanol–water partition coefficient (Wildman–Crippen LogP) is 3.92. The fourth-order valence-electron chi connectivity index (χ4n) is 2.61. The molecule has 1 amide bonds. The number of para-hydroxylation sites is 1. The van der Waals surface area contributed by atoms with Crippen molar-refractivity contribution in [2.45, 2.75) is 6.54 Å². The number of azo groups is 1. The van der Waals surface area contributed by atoms with Crippen molar-refractivity contribution >= 4 is 45.8 Å². The average molecular weight is 403 g/mol. The van der Waals surface area contributed by atoms with Crippen molar-refractivity contribution in [3.8, 4) is 5.88 Å². The molecule has 0 radical (unpaired) electrons. The second-order valence-corrected chi connectivity index (χ2v) is 6.00. The number of aliphatic carboxylic acids is 1. The van der Waals surface area contributed by atoms with Crippen LogP contribution in [0.1, 0.15) is 10.4 Å². The highest BCUT2D eigenvalue weighted by molar-refractivity contribution is 6.34. The maximum absolute atomic E-state index is 12.3. The van der Waals surface area contributed by atoms with Gasteiger partial charge in [0, 0.05) is 17.5 Å². The van der Waals surface area contributed by atoms with Crippen molar-refractivity contribution in [3.05, 3.63) is 63.2 Å². The number of carbonyl (C=O) groups is 2. The van der Waals surface area contributed by atoms with E-state index in [1.54, 1.807) is 24.3 Å². The van der Waals surface area contributed by atoms with Crippen molar-refractivity contribution in [3.63, 3.8) is 0 Å². The van der Waals surface area contributed by atoms with E-state index >= 15 is 0 Å². The zero-order valence-electron chi connectivity index (χ0n) is 13.9. The van der Waals surface area contributed by atoms with Crippen molar-refractivity contribution in [2.75, 3.05) is 0 Å². The number of carboxylic acid groups (broad SMARTS) is 1. The van der Waals surface area contributed by atoms with Gasteiger partial charge in [-0.25, -0.2) is 0 Å². The molecule has 0 spiro atoms. The molecule has 0 fully saturated rings. The highest BCUT2D eigenvalue weighted by atomic mass is 35.5. The van der Waals surface area contributed by atoms with Gasteiger partial charge < -0.3 is 10.2 Å². The van der Waals surface area contributed by atoms with E-state index in [9.17, 15) is 24.8 Å². The molecule has 0 aliphatic carbocycles. The second kappa shape index (κ2) is 7.45. The molecule has 142 valence electrons. The van der Waals surface area contributed by atoms with Crippen LogP contribution in [0, 0.1) is 10.1 Å². The highest BCUT2D eigenvalue weighted by Crippen LogP contribution is 2.38. The molecule has 11 heteroatoms. The quantitative estimate of drug-likeness (QED) is 0.375. The molecule has 0 aliphatic rings. The number of nitro groups is 1. The molecule has 0 saturated heterocycles. The number of aromatic nitrogens is 1. The molecule has 2 aromatic carbocycles. The van der Waals surface area contributed by atoms with Crippen LogP contribution < -0.4 is 0 Å². The summed E-state index contributed by atoms with van der Waals surface area (Å²) in [5.74, 6) is -2.52. The number of hydrogen-bond donors (Lipinski definition) is 2. The lowest BCUT2D eigenvalue weighted by molar-refractivity contribution is -0.384. The van der Waals surface area contributed by atoms with Crippen molar-refractivity contribution in [1.29, 1.82) is 0 Å². The first-order chi connectivity index (χ1) is 13.3. The topological polar surface area (TPSA) is 147 Å². The van der Waals surface area contributed by atoms with Gasteiger partial charge in [0.05, 0.1) is 21.0 Å². The van der Waals surface area contributed by atoms with Gasteiger partial charge in [0.25, 0.3) is 11.6 Å². The number of carbonyl (C=O) groups excluding carboxylic acids is 1. The Hall–Kier alpha value is -3.79. The molecule has 28 heavy (non-hydrogen) atoms. The normalized spacial score (nSPS) is 11.2. The predicted molar refractivity (Wildman–Crippen MR) is 98.2 cm³/mol. The summed E-state index contributed by atoms with van der Waals surface area (Å²) in [7, 11) is 0. The van der Waals surface area contributed by atoms with Crippen LogP contribution in [0.25, 0.3) is 10.9 Å². The number of fused-ring (bicyclic) bond motifs is 1. The molecule has 0 bridgehead atoms. The molecule has 2 N–H and O–H groups in total. The van der Waals surface area contributed by atoms with Gasteiger partial charge in [-0.05, 0) is 12.1 Å². The second-order valence-electron chi connectivity index (χ2n) is 5.60. The first kappa shape index (κ1) is 19.0. The SMILES string of the molecule is O=C(O)Cn1c(O)c(N=NC(=O)c2ccc([N+](=O)[O-])cc2Cl)c2ccccc21. The zero-order chi connectivity index (χ0) is 20.4. The van der Waals surface area contributed by atoms with E-state index in [4.69, 9.17) is 16.7 Å². The van der Waals surface area contributed by atoms with Crippen molar-refractivity contribution in [1.82, 2.24) is 4.57 Å². The fourth-order valence-corrected chi connectivity index (χ4v) is 2.86. The Bertz CT molecular complexity index is 1150. The summed E-state index contributed by atoms with van der Waals surface area (Å²) in [4.78, 5) is 33.4. The van der Waals surface area contributed by atoms with Gasteiger partial charge in [-0.15, -0.1) is 10.2 Å². The average Bonchev–Trinajstić information content (AvgIpc) is 2.91. The Balaban J connectivity index is 2.00. The summed E-state index contributed by atoms with van der Waals surface area (Å²) in [6.45, 7) is -0.510. The lowest BCUT2D eigenvalue weighted by Crippen LogP contribution is -2.07. The lowest BCUT2D eigenvalue weighted by atomic mass is 10.2. The molecule has 3 rings (SSSR count). The van der Waals surface area contributed by atoms with Gasteiger partial charge in [0.15, 0.2) is 5.69 Å².